The van der Waals surface area contributed by atoms with Crippen LogP contribution in [0.4, 0.5) is 4.39 Å². The Balaban J connectivity index is 1.58. The number of fused-ring (bicyclic) bond motifs is 1. The Bertz CT molecular complexity index is 669. The average molecular weight is 288 g/mol. The minimum atomic E-state index is -0.381. The van der Waals surface area contributed by atoms with E-state index in [0.717, 1.165) is 0 Å². The lowest BCUT2D eigenvalue weighted by atomic mass is 10.1. The second-order valence-electron chi connectivity index (χ2n) is 4.61. The Kier molecular flexibility index (Phi) is 3.73. The fraction of sp³-hybridized carbons (Fsp3) is 0.188. The van der Waals surface area contributed by atoms with Gasteiger partial charge in [0.1, 0.15) is 18.2 Å². The molecule has 0 aromatic heterocycles. The predicted molar refractivity (Wildman–Crippen MR) is 73.2 cm³/mol. The summed E-state index contributed by atoms with van der Waals surface area (Å²) in [7, 11) is 0. The van der Waals surface area contributed by atoms with Crippen LogP contribution in [0.1, 0.15) is 5.56 Å². The molecule has 2 aromatic carbocycles. The molecule has 1 heterocycles. The molecule has 0 aliphatic carbocycles. The van der Waals surface area contributed by atoms with Crippen molar-refractivity contribution in [2.24, 2.45) is 0 Å². The van der Waals surface area contributed by atoms with Crippen LogP contribution in [0.15, 0.2) is 42.5 Å². The smallest absolute Gasteiger partial charge is 0.231 e. The van der Waals surface area contributed by atoms with Gasteiger partial charge in [0.2, 0.25) is 6.79 Å². The summed E-state index contributed by atoms with van der Waals surface area (Å²) < 4.78 is 29.2. The number of hydrogen-bond donors (Lipinski definition) is 0. The highest BCUT2D eigenvalue weighted by molar-refractivity contribution is 5.82. The molecule has 2 aromatic rings. The van der Waals surface area contributed by atoms with Gasteiger partial charge in [-0.1, -0.05) is 18.2 Å². The van der Waals surface area contributed by atoms with Gasteiger partial charge in [-0.3, -0.25) is 4.79 Å². The average Bonchev–Trinajstić information content (AvgIpc) is 2.95. The lowest BCUT2D eigenvalue weighted by Gasteiger charge is -2.07. The summed E-state index contributed by atoms with van der Waals surface area (Å²) in [5.41, 5.74) is 0.372. The van der Waals surface area contributed by atoms with E-state index in [0.29, 0.717) is 22.8 Å². The molecule has 0 bridgehead atoms. The highest BCUT2D eigenvalue weighted by Gasteiger charge is 2.14. The number of halogens is 1. The van der Waals surface area contributed by atoms with Crippen LogP contribution in [0.5, 0.6) is 17.2 Å². The summed E-state index contributed by atoms with van der Waals surface area (Å²) in [5.74, 6) is 1.18. The summed E-state index contributed by atoms with van der Waals surface area (Å²) >= 11 is 0. The highest BCUT2D eigenvalue weighted by atomic mass is 19.1. The second-order valence-corrected chi connectivity index (χ2v) is 4.61. The van der Waals surface area contributed by atoms with Crippen LogP contribution in [0.3, 0.4) is 0 Å². The molecule has 0 N–H and O–H groups in total. The molecule has 21 heavy (non-hydrogen) atoms. The van der Waals surface area contributed by atoms with E-state index in [4.69, 9.17) is 14.2 Å². The predicted octanol–water partition coefficient (Wildman–Crippen LogP) is 2.75. The van der Waals surface area contributed by atoms with Crippen molar-refractivity contribution in [2.45, 2.75) is 6.42 Å². The maximum absolute atomic E-state index is 13.4. The Morgan fingerprint density at radius 2 is 1.95 bits per heavy atom. The number of carbonyl (C=O) groups is 1. The van der Waals surface area contributed by atoms with Crippen molar-refractivity contribution in [2.75, 3.05) is 13.4 Å². The molecule has 1 aliphatic rings. The number of hydrogen-bond acceptors (Lipinski definition) is 4. The van der Waals surface area contributed by atoms with E-state index in [9.17, 15) is 9.18 Å². The maximum Gasteiger partial charge on any atom is 0.231 e. The molecular weight excluding hydrogens is 275 g/mol. The zero-order valence-electron chi connectivity index (χ0n) is 11.2. The van der Waals surface area contributed by atoms with Crippen LogP contribution >= 0.6 is 0 Å². The first-order chi connectivity index (χ1) is 10.2. The summed E-state index contributed by atoms with van der Waals surface area (Å²) in [6.07, 6.45) is 0.0111. The fourth-order valence-corrected chi connectivity index (χ4v) is 2.04. The first kappa shape index (κ1) is 13.4. The Hall–Kier alpha value is -2.56. The van der Waals surface area contributed by atoms with Gasteiger partial charge in [0.15, 0.2) is 17.3 Å². The molecule has 0 radical (unpaired) electrons. The van der Waals surface area contributed by atoms with Gasteiger partial charge in [-0.05, 0) is 23.8 Å². The van der Waals surface area contributed by atoms with E-state index < -0.39 is 0 Å². The van der Waals surface area contributed by atoms with E-state index in [2.05, 4.69) is 0 Å². The van der Waals surface area contributed by atoms with Crippen LogP contribution in [0, 0.1) is 5.82 Å². The van der Waals surface area contributed by atoms with Gasteiger partial charge in [0.25, 0.3) is 0 Å². The number of ketones is 1. The third-order valence-corrected chi connectivity index (χ3v) is 3.09. The number of rotatable bonds is 5. The largest absolute Gasteiger partial charge is 0.486 e. The summed E-state index contributed by atoms with van der Waals surface area (Å²) in [6, 6.07) is 11.3. The van der Waals surface area contributed by atoms with Crippen molar-refractivity contribution in [1.29, 1.82) is 0 Å². The van der Waals surface area contributed by atoms with Gasteiger partial charge in [-0.15, -0.1) is 0 Å². The monoisotopic (exact) mass is 288 g/mol. The van der Waals surface area contributed by atoms with Gasteiger partial charge in [-0.25, -0.2) is 4.39 Å². The highest BCUT2D eigenvalue weighted by Crippen LogP contribution is 2.35. The minimum Gasteiger partial charge on any atom is -0.486 e. The molecule has 0 saturated heterocycles. The SMILES string of the molecule is O=C(COc1ccc2c(c1)OCO2)Cc1ccccc1F. The number of carbonyl (C=O) groups excluding carboxylic acids is 1. The molecular formula is C16H13FO4. The van der Waals surface area contributed by atoms with Gasteiger partial charge in [0.05, 0.1) is 0 Å². The fourth-order valence-electron chi connectivity index (χ4n) is 2.04. The molecule has 5 heteroatoms. The van der Waals surface area contributed by atoms with Crippen molar-refractivity contribution >= 4 is 5.78 Å². The summed E-state index contributed by atoms with van der Waals surface area (Å²) in [4.78, 5) is 11.8. The number of ether oxygens (including phenoxy) is 3. The molecule has 0 unspecified atom stereocenters. The second kappa shape index (κ2) is 5.83. The first-order valence-corrected chi connectivity index (χ1v) is 6.50. The molecule has 1 aliphatic heterocycles. The van der Waals surface area contributed by atoms with Gasteiger partial charge in [0, 0.05) is 12.5 Å². The molecule has 0 spiro atoms. The topological polar surface area (TPSA) is 44.8 Å². The van der Waals surface area contributed by atoms with Crippen LogP contribution in [-0.4, -0.2) is 19.2 Å². The Morgan fingerprint density at radius 1 is 1.14 bits per heavy atom. The van der Waals surface area contributed by atoms with Crippen molar-refractivity contribution in [1.82, 2.24) is 0 Å². The molecule has 108 valence electrons. The normalized spacial score (nSPS) is 12.2. The van der Waals surface area contributed by atoms with Gasteiger partial charge in [-0.2, -0.15) is 0 Å². The third-order valence-electron chi connectivity index (χ3n) is 3.09. The van der Waals surface area contributed by atoms with Crippen LogP contribution in [0.25, 0.3) is 0 Å². The Labute approximate surface area is 121 Å². The maximum atomic E-state index is 13.4. The van der Waals surface area contributed by atoms with Gasteiger partial charge < -0.3 is 14.2 Å². The lowest BCUT2D eigenvalue weighted by Crippen LogP contribution is -2.14. The standard InChI is InChI=1S/C16H13FO4/c17-14-4-2-1-3-11(14)7-12(18)9-19-13-5-6-15-16(8-13)21-10-20-15/h1-6,8H,7,9-10H2. The third kappa shape index (κ3) is 3.13. The molecule has 4 nitrogen and oxygen atoms in total. The van der Waals surface area contributed by atoms with E-state index in [1.165, 1.54) is 6.07 Å². The summed E-state index contributed by atoms with van der Waals surface area (Å²) in [5, 5.41) is 0. The van der Waals surface area contributed by atoms with Crippen LogP contribution < -0.4 is 14.2 Å². The number of Topliss-reactive ketones (excluding diaryl/α,β-unsaturated/α-hetero) is 1. The lowest BCUT2D eigenvalue weighted by molar-refractivity contribution is -0.120. The van der Waals surface area contributed by atoms with E-state index in [1.807, 2.05) is 0 Å². The van der Waals surface area contributed by atoms with Crippen molar-refractivity contribution < 1.29 is 23.4 Å². The first-order valence-electron chi connectivity index (χ1n) is 6.50. The van der Waals surface area contributed by atoms with Crippen LogP contribution in [0.2, 0.25) is 0 Å². The molecule has 0 amide bonds. The van der Waals surface area contributed by atoms with E-state index in [-0.39, 0.29) is 31.4 Å². The van der Waals surface area contributed by atoms with Crippen molar-refractivity contribution in [3.8, 4) is 17.2 Å². The van der Waals surface area contributed by atoms with Crippen molar-refractivity contribution in [3.05, 3.63) is 53.8 Å². The van der Waals surface area contributed by atoms with Gasteiger partial charge >= 0.3 is 0 Å². The van der Waals surface area contributed by atoms with E-state index in [1.54, 1.807) is 36.4 Å². The minimum absolute atomic E-state index is 0.0111. The summed E-state index contributed by atoms with van der Waals surface area (Å²) in [6.45, 7) is 0.0684. The quantitative estimate of drug-likeness (QED) is 0.848. The van der Waals surface area contributed by atoms with Crippen molar-refractivity contribution in [3.63, 3.8) is 0 Å². The van der Waals surface area contributed by atoms with E-state index >= 15 is 0 Å². The Morgan fingerprint density at radius 3 is 2.81 bits per heavy atom. The molecule has 0 atom stereocenters. The molecule has 3 rings (SSSR count). The zero-order valence-corrected chi connectivity index (χ0v) is 11.2. The van der Waals surface area contributed by atoms with Crippen LogP contribution in [-0.2, 0) is 11.2 Å². The molecule has 0 saturated carbocycles. The molecule has 0 fully saturated rings. The zero-order chi connectivity index (χ0) is 14.7. The number of benzene rings is 2.